The van der Waals surface area contributed by atoms with Crippen LogP contribution in [0.2, 0.25) is 0 Å². The molecule has 1 N–H and O–H groups in total. The summed E-state index contributed by atoms with van der Waals surface area (Å²) >= 11 is 1.10. The fourth-order valence-corrected chi connectivity index (χ4v) is 4.14. The molecule has 2 rings (SSSR count). The van der Waals surface area contributed by atoms with Crippen molar-refractivity contribution < 1.29 is 13.2 Å². The zero-order valence-corrected chi connectivity index (χ0v) is 16.0. The van der Waals surface area contributed by atoms with Gasteiger partial charge in [-0.05, 0) is 18.6 Å². The van der Waals surface area contributed by atoms with E-state index >= 15 is 0 Å². The van der Waals surface area contributed by atoms with Crippen molar-refractivity contribution >= 4 is 27.3 Å². The van der Waals surface area contributed by atoms with Crippen molar-refractivity contribution in [1.29, 1.82) is 0 Å². The molecule has 0 aliphatic rings. The number of amides is 1. The Labute approximate surface area is 151 Å². The van der Waals surface area contributed by atoms with Crippen LogP contribution in [0.3, 0.4) is 0 Å². The summed E-state index contributed by atoms with van der Waals surface area (Å²) in [6.07, 6.45) is 0.153. The van der Waals surface area contributed by atoms with Crippen LogP contribution in [-0.4, -0.2) is 37.3 Å². The van der Waals surface area contributed by atoms with Crippen LogP contribution in [0.15, 0.2) is 39.3 Å². The number of nitrogens with one attached hydrogen (secondary N) is 1. The van der Waals surface area contributed by atoms with Gasteiger partial charge in [0, 0.05) is 44.7 Å². The Morgan fingerprint density at radius 2 is 1.96 bits per heavy atom. The quantitative estimate of drug-likeness (QED) is 0.777. The Hall–Kier alpha value is -1.97. The summed E-state index contributed by atoms with van der Waals surface area (Å²) in [5.41, 5.74) is 1.35. The van der Waals surface area contributed by atoms with E-state index in [1.807, 2.05) is 6.92 Å². The molecule has 1 amide bonds. The zero-order chi connectivity index (χ0) is 18.6. The van der Waals surface area contributed by atoms with Gasteiger partial charge >= 0.3 is 4.87 Å². The highest BCUT2D eigenvalue weighted by Gasteiger charge is 2.20. The summed E-state index contributed by atoms with van der Waals surface area (Å²) in [7, 11) is -0.649. The minimum Gasteiger partial charge on any atom is -0.352 e. The standard InChI is InChI=1S/C16H21N3O4S2/c1-12-11-24-16(21)19(12)9-8-15(20)17-10-13-6-4-5-7-14(13)25(22,23)18(2)3/h4-7,11H,8-10H2,1-3H3,(H,17,20). The molecule has 136 valence electrons. The third-order valence-electron chi connectivity index (χ3n) is 3.75. The van der Waals surface area contributed by atoms with E-state index in [1.165, 1.54) is 20.2 Å². The van der Waals surface area contributed by atoms with Crippen LogP contribution < -0.4 is 10.2 Å². The van der Waals surface area contributed by atoms with Gasteiger partial charge in [-0.1, -0.05) is 29.5 Å². The van der Waals surface area contributed by atoms with Crippen LogP contribution in [0, 0.1) is 6.92 Å². The highest BCUT2D eigenvalue weighted by molar-refractivity contribution is 7.89. The lowest BCUT2D eigenvalue weighted by molar-refractivity contribution is -0.121. The van der Waals surface area contributed by atoms with Crippen molar-refractivity contribution in [3.63, 3.8) is 0 Å². The Morgan fingerprint density at radius 1 is 1.28 bits per heavy atom. The van der Waals surface area contributed by atoms with Crippen molar-refractivity contribution in [2.24, 2.45) is 0 Å². The third-order valence-corrected chi connectivity index (χ3v) is 6.54. The van der Waals surface area contributed by atoms with E-state index in [0.29, 0.717) is 12.1 Å². The Kier molecular flexibility index (Phi) is 6.15. The number of hydrogen-bond acceptors (Lipinski definition) is 5. The van der Waals surface area contributed by atoms with Crippen LogP contribution in [-0.2, 0) is 27.9 Å². The SMILES string of the molecule is Cc1csc(=O)n1CCC(=O)NCc1ccccc1S(=O)(=O)N(C)C. The van der Waals surface area contributed by atoms with Crippen molar-refractivity contribution in [1.82, 2.24) is 14.2 Å². The van der Waals surface area contributed by atoms with Gasteiger partial charge in [0.2, 0.25) is 15.9 Å². The summed E-state index contributed by atoms with van der Waals surface area (Å²) < 4.78 is 27.3. The van der Waals surface area contributed by atoms with E-state index in [-0.39, 0.29) is 28.6 Å². The number of aromatic nitrogens is 1. The number of hydrogen-bond donors (Lipinski definition) is 1. The largest absolute Gasteiger partial charge is 0.352 e. The second-order valence-corrected chi connectivity index (χ2v) is 8.66. The van der Waals surface area contributed by atoms with E-state index in [1.54, 1.807) is 28.1 Å². The molecule has 0 saturated heterocycles. The first-order valence-electron chi connectivity index (χ1n) is 7.65. The molecule has 0 unspecified atom stereocenters. The molecule has 9 heteroatoms. The Bertz CT molecular complexity index is 913. The van der Waals surface area contributed by atoms with E-state index in [9.17, 15) is 18.0 Å². The van der Waals surface area contributed by atoms with Gasteiger partial charge < -0.3 is 9.88 Å². The summed E-state index contributed by atoms with van der Waals surface area (Å²) in [6.45, 7) is 2.23. The number of nitrogens with zero attached hydrogens (tertiary/aromatic N) is 2. The molecule has 0 saturated carbocycles. The van der Waals surface area contributed by atoms with Gasteiger partial charge in [0.05, 0.1) is 4.90 Å². The predicted octanol–water partition coefficient (Wildman–Crippen LogP) is 1.18. The fourth-order valence-electron chi connectivity index (χ4n) is 2.27. The highest BCUT2D eigenvalue weighted by Crippen LogP contribution is 2.18. The number of benzene rings is 1. The molecule has 25 heavy (non-hydrogen) atoms. The number of thiazole rings is 1. The van der Waals surface area contributed by atoms with E-state index in [4.69, 9.17) is 0 Å². The average Bonchev–Trinajstić information content (AvgIpc) is 2.89. The summed E-state index contributed by atoms with van der Waals surface area (Å²) in [5.74, 6) is -0.241. The topological polar surface area (TPSA) is 88.5 Å². The molecule has 1 aromatic heterocycles. The molecule has 0 bridgehead atoms. The molecule has 0 radical (unpaired) electrons. The van der Waals surface area contributed by atoms with E-state index in [0.717, 1.165) is 21.3 Å². The molecule has 7 nitrogen and oxygen atoms in total. The molecule has 0 atom stereocenters. The van der Waals surface area contributed by atoms with Crippen molar-refractivity contribution in [3.8, 4) is 0 Å². The summed E-state index contributed by atoms with van der Waals surface area (Å²) in [4.78, 5) is 23.8. The lowest BCUT2D eigenvalue weighted by Gasteiger charge is -2.15. The highest BCUT2D eigenvalue weighted by atomic mass is 32.2. The van der Waals surface area contributed by atoms with E-state index in [2.05, 4.69) is 5.32 Å². The van der Waals surface area contributed by atoms with E-state index < -0.39 is 10.0 Å². The maximum Gasteiger partial charge on any atom is 0.307 e. The van der Waals surface area contributed by atoms with Crippen LogP contribution in [0.4, 0.5) is 0 Å². The summed E-state index contributed by atoms with van der Waals surface area (Å²) in [5, 5.41) is 4.47. The number of rotatable bonds is 7. The first-order valence-corrected chi connectivity index (χ1v) is 9.97. The normalized spacial score (nSPS) is 11.7. The first-order chi connectivity index (χ1) is 11.7. The van der Waals surface area contributed by atoms with Gasteiger partial charge in [0.1, 0.15) is 0 Å². The number of carbonyl (C=O) groups excluding carboxylic acids is 1. The van der Waals surface area contributed by atoms with Gasteiger partial charge in [-0.3, -0.25) is 9.59 Å². The second kappa shape index (κ2) is 7.94. The minimum absolute atomic E-state index is 0.0901. The monoisotopic (exact) mass is 383 g/mol. The predicted molar refractivity (Wildman–Crippen MR) is 97.1 cm³/mol. The van der Waals surface area contributed by atoms with Crippen LogP contribution in [0.5, 0.6) is 0 Å². The number of sulfonamides is 1. The second-order valence-electron chi connectivity index (χ2n) is 5.72. The van der Waals surface area contributed by atoms with Crippen LogP contribution in [0.1, 0.15) is 17.7 Å². The third kappa shape index (κ3) is 4.56. The van der Waals surface area contributed by atoms with Gasteiger partial charge in [-0.2, -0.15) is 0 Å². The first kappa shape index (κ1) is 19.4. The Balaban J connectivity index is 2.02. The van der Waals surface area contributed by atoms with Gasteiger partial charge in [0.25, 0.3) is 0 Å². The molecule has 1 aromatic carbocycles. The molecular weight excluding hydrogens is 362 g/mol. The maximum absolute atomic E-state index is 12.3. The van der Waals surface area contributed by atoms with Crippen molar-refractivity contribution in [3.05, 3.63) is 50.6 Å². The van der Waals surface area contributed by atoms with Crippen LogP contribution >= 0.6 is 11.3 Å². The van der Waals surface area contributed by atoms with Crippen molar-refractivity contribution in [2.45, 2.75) is 31.3 Å². The molecule has 0 fully saturated rings. The molecular formula is C16H21N3O4S2. The molecule has 2 aromatic rings. The van der Waals surface area contributed by atoms with Crippen molar-refractivity contribution in [2.75, 3.05) is 14.1 Å². The number of aryl methyl sites for hydroxylation is 1. The van der Waals surface area contributed by atoms with Crippen LogP contribution in [0.25, 0.3) is 0 Å². The summed E-state index contributed by atoms with van der Waals surface area (Å²) in [6, 6.07) is 6.56. The average molecular weight is 383 g/mol. The number of carbonyl (C=O) groups is 1. The lowest BCUT2D eigenvalue weighted by Crippen LogP contribution is -2.28. The van der Waals surface area contributed by atoms with Gasteiger partial charge in [-0.25, -0.2) is 12.7 Å². The van der Waals surface area contributed by atoms with Gasteiger partial charge in [0.15, 0.2) is 0 Å². The minimum atomic E-state index is -3.58. The molecule has 0 aliphatic heterocycles. The molecule has 1 heterocycles. The maximum atomic E-state index is 12.3. The van der Waals surface area contributed by atoms with Gasteiger partial charge in [-0.15, -0.1) is 0 Å². The lowest BCUT2D eigenvalue weighted by atomic mass is 10.2. The fraction of sp³-hybridized carbons (Fsp3) is 0.375. The molecule has 0 spiro atoms. The molecule has 0 aliphatic carbocycles. The smallest absolute Gasteiger partial charge is 0.307 e. The zero-order valence-electron chi connectivity index (χ0n) is 14.4. The Morgan fingerprint density at radius 3 is 2.56 bits per heavy atom.